The van der Waals surface area contributed by atoms with Crippen molar-refractivity contribution in [1.82, 2.24) is 5.32 Å². The lowest BCUT2D eigenvalue weighted by molar-refractivity contribution is -0.140. The van der Waals surface area contributed by atoms with E-state index in [1.54, 1.807) is 0 Å². The maximum Gasteiger partial charge on any atom is 0.320 e. The van der Waals surface area contributed by atoms with Crippen molar-refractivity contribution in [3.05, 3.63) is 29.8 Å². The Labute approximate surface area is 126 Å². The molecular weight excluding hydrogens is 264 g/mol. The van der Waals surface area contributed by atoms with Crippen LogP contribution in [0.3, 0.4) is 0 Å². The van der Waals surface area contributed by atoms with E-state index in [4.69, 9.17) is 0 Å². The summed E-state index contributed by atoms with van der Waals surface area (Å²) in [5, 5.41) is 12.7. The molecule has 1 aromatic rings. The van der Waals surface area contributed by atoms with Crippen molar-refractivity contribution in [2.45, 2.75) is 44.7 Å². The molecule has 1 saturated carbocycles. The highest BCUT2D eigenvalue weighted by molar-refractivity contribution is 5.74. The van der Waals surface area contributed by atoms with Crippen LogP contribution in [0.1, 0.15) is 31.2 Å². The number of hydrogen-bond acceptors (Lipinski definition) is 3. The van der Waals surface area contributed by atoms with Gasteiger partial charge in [-0.1, -0.05) is 18.2 Å². The number of piperidine rings is 1. The van der Waals surface area contributed by atoms with Crippen LogP contribution < -0.4 is 10.2 Å². The molecule has 0 amide bonds. The molecule has 1 aromatic carbocycles. The number of nitrogens with one attached hydrogen (secondary N) is 1. The van der Waals surface area contributed by atoms with Gasteiger partial charge < -0.3 is 15.3 Å². The highest BCUT2D eigenvalue weighted by atomic mass is 16.4. The van der Waals surface area contributed by atoms with Crippen LogP contribution in [0.25, 0.3) is 0 Å². The van der Waals surface area contributed by atoms with Crippen molar-refractivity contribution in [2.75, 3.05) is 18.0 Å². The molecule has 0 bridgehead atoms. The third kappa shape index (κ3) is 3.38. The van der Waals surface area contributed by atoms with Crippen LogP contribution in [0.2, 0.25) is 0 Å². The monoisotopic (exact) mass is 288 g/mol. The van der Waals surface area contributed by atoms with Gasteiger partial charge in [-0.2, -0.15) is 0 Å². The Bertz CT molecular complexity index is 505. The first-order chi connectivity index (χ1) is 10.1. The van der Waals surface area contributed by atoms with Crippen LogP contribution in [0, 0.1) is 12.8 Å². The predicted octanol–water partition coefficient (Wildman–Crippen LogP) is 2.42. The minimum absolute atomic E-state index is 0.333. The molecule has 4 nitrogen and oxygen atoms in total. The molecule has 1 heterocycles. The average Bonchev–Trinajstić information content (AvgIpc) is 3.30. The smallest absolute Gasteiger partial charge is 0.320 e. The maximum absolute atomic E-state index is 11.3. The van der Waals surface area contributed by atoms with Gasteiger partial charge in [0, 0.05) is 24.8 Å². The standard InChI is InChI=1S/C17H24N2O2/c1-12-4-2-3-5-15(12)19-10-8-14(9-11-19)18-16(17(20)21)13-6-7-13/h2-5,13-14,16,18H,6-11H2,1H3,(H,20,21)/t16-/m0/s1. The van der Waals surface area contributed by atoms with Crippen molar-refractivity contribution in [1.29, 1.82) is 0 Å². The van der Waals surface area contributed by atoms with Gasteiger partial charge in [-0.05, 0) is 50.2 Å². The predicted molar refractivity (Wildman–Crippen MR) is 83.7 cm³/mol. The minimum Gasteiger partial charge on any atom is -0.480 e. The average molecular weight is 288 g/mol. The number of aryl methyl sites for hydroxylation is 1. The van der Waals surface area contributed by atoms with E-state index in [1.165, 1.54) is 11.3 Å². The van der Waals surface area contributed by atoms with Gasteiger partial charge in [-0.15, -0.1) is 0 Å². The second-order valence-electron chi connectivity index (χ2n) is 6.37. The number of hydrogen-bond donors (Lipinski definition) is 2. The van der Waals surface area contributed by atoms with Crippen LogP contribution in [0.4, 0.5) is 5.69 Å². The molecule has 1 saturated heterocycles. The molecule has 2 fully saturated rings. The number of nitrogens with zero attached hydrogens (tertiary/aromatic N) is 1. The summed E-state index contributed by atoms with van der Waals surface area (Å²) in [6, 6.07) is 8.48. The van der Waals surface area contributed by atoms with Gasteiger partial charge in [-0.25, -0.2) is 0 Å². The fraction of sp³-hybridized carbons (Fsp3) is 0.588. The van der Waals surface area contributed by atoms with Crippen LogP contribution in [-0.4, -0.2) is 36.2 Å². The number of carboxylic acid groups (broad SMARTS) is 1. The molecule has 21 heavy (non-hydrogen) atoms. The summed E-state index contributed by atoms with van der Waals surface area (Å²) in [6.45, 7) is 4.15. The van der Waals surface area contributed by atoms with E-state index < -0.39 is 5.97 Å². The SMILES string of the molecule is Cc1ccccc1N1CCC(N[C@H](C(=O)O)C2CC2)CC1. The third-order valence-electron chi connectivity index (χ3n) is 4.73. The van der Waals surface area contributed by atoms with Gasteiger partial charge in [0.15, 0.2) is 0 Å². The molecule has 4 heteroatoms. The molecular formula is C17H24N2O2. The molecule has 1 aliphatic heterocycles. The number of para-hydroxylation sites is 1. The Hall–Kier alpha value is -1.55. The molecule has 1 atom stereocenters. The summed E-state index contributed by atoms with van der Waals surface area (Å²) >= 11 is 0. The molecule has 0 unspecified atom stereocenters. The molecule has 0 spiro atoms. The lowest BCUT2D eigenvalue weighted by Crippen LogP contribution is -2.49. The van der Waals surface area contributed by atoms with Crippen molar-refractivity contribution >= 4 is 11.7 Å². The molecule has 0 radical (unpaired) electrons. The zero-order valence-electron chi connectivity index (χ0n) is 12.6. The first-order valence-electron chi connectivity index (χ1n) is 7.94. The van der Waals surface area contributed by atoms with Crippen molar-refractivity contribution in [2.24, 2.45) is 5.92 Å². The van der Waals surface area contributed by atoms with Crippen LogP contribution >= 0.6 is 0 Å². The summed E-state index contributed by atoms with van der Waals surface area (Å²) in [7, 11) is 0. The topological polar surface area (TPSA) is 52.6 Å². The normalized spacial score (nSPS) is 21.3. The summed E-state index contributed by atoms with van der Waals surface area (Å²) in [6.07, 6.45) is 4.16. The highest BCUT2D eigenvalue weighted by Crippen LogP contribution is 2.33. The van der Waals surface area contributed by atoms with Crippen molar-refractivity contribution in [3.8, 4) is 0 Å². The highest BCUT2D eigenvalue weighted by Gasteiger charge is 2.37. The molecule has 1 aliphatic carbocycles. The number of benzene rings is 1. The van der Waals surface area contributed by atoms with Gasteiger partial charge in [0.25, 0.3) is 0 Å². The Morgan fingerprint density at radius 1 is 1.24 bits per heavy atom. The minimum atomic E-state index is -0.682. The molecule has 114 valence electrons. The van der Waals surface area contributed by atoms with E-state index in [0.29, 0.717) is 12.0 Å². The Morgan fingerprint density at radius 2 is 1.90 bits per heavy atom. The van der Waals surface area contributed by atoms with E-state index in [9.17, 15) is 9.90 Å². The summed E-state index contributed by atoms with van der Waals surface area (Å²) in [5.41, 5.74) is 2.62. The number of rotatable bonds is 5. The maximum atomic E-state index is 11.3. The van der Waals surface area contributed by atoms with Gasteiger partial charge in [0.1, 0.15) is 6.04 Å². The van der Waals surface area contributed by atoms with Crippen LogP contribution in [0.5, 0.6) is 0 Å². The van der Waals surface area contributed by atoms with Gasteiger partial charge >= 0.3 is 5.97 Å². The first-order valence-corrected chi connectivity index (χ1v) is 7.94. The summed E-state index contributed by atoms with van der Waals surface area (Å²) in [4.78, 5) is 13.7. The van der Waals surface area contributed by atoms with Gasteiger partial charge in [-0.3, -0.25) is 4.79 Å². The number of anilines is 1. The number of aliphatic carboxylic acids is 1. The molecule has 2 aliphatic rings. The van der Waals surface area contributed by atoms with Crippen molar-refractivity contribution in [3.63, 3.8) is 0 Å². The molecule has 2 N–H and O–H groups in total. The largest absolute Gasteiger partial charge is 0.480 e. The zero-order valence-corrected chi connectivity index (χ0v) is 12.6. The van der Waals surface area contributed by atoms with E-state index in [2.05, 4.69) is 41.4 Å². The molecule has 3 rings (SSSR count). The quantitative estimate of drug-likeness (QED) is 0.873. The van der Waals surface area contributed by atoms with Gasteiger partial charge in [0.2, 0.25) is 0 Å². The Kier molecular flexibility index (Phi) is 4.15. The second kappa shape index (κ2) is 6.06. The number of carboxylic acids is 1. The second-order valence-corrected chi connectivity index (χ2v) is 6.37. The lowest BCUT2D eigenvalue weighted by atomic mass is 10.0. The summed E-state index contributed by atoms with van der Waals surface area (Å²) in [5.74, 6) is -0.323. The third-order valence-corrected chi connectivity index (χ3v) is 4.73. The van der Waals surface area contributed by atoms with Gasteiger partial charge in [0.05, 0.1) is 0 Å². The Balaban J connectivity index is 1.55. The van der Waals surface area contributed by atoms with E-state index in [0.717, 1.165) is 38.8 Å². The van der Waals surface area contributed by atoms with E-state index in [1.807, 2.05) is 0 Å². The fourth-order valence-corrected chi connectivity index (χ4v) is 3.30. The first kappa shape index (κ1) is 14.4. The van der Waals surface area contributed by atoms with E-state index in [-0.39, 0.29) is 6.04 Å². The lowest BCUT2D eigenvalue weighted by Gasteiger charge is -2.36. The Morgan fingerprint density at radius 3 is 2.48 bits per heavy atom. The van der Waals surface area contributed by atoms with E-state index >= 15 is 0 Å². The number of carbonyl (C=O) groups is 1. The molecule has 0 aromatic heterocycles. The van der Waals surface area contributed by atoms with Crippen LogP contribution in [-0.2, 0) is 4.79 Å². The van der Waals surface area contributed by atoms with Crippen LogP contribution in [0.15, 0.2) is 24.3 Å². The van der Waals surface area contributed by atoms with Crippen molar-refractivity contribution < 1.29 is 9.90 Å². The summed E-state index contributed by atoms with van der Waals surface area (Å²) < 4.78 is 0. The fourth-order valence-electron chi connectivity index (χ4n) is 3.30. The zero-order chi connectivity index (χ0) is 14.8.